The van der Waals surface area contributed by atoms with E-state index in [0.717, 1.165) is 12.8 Å². The molecule has 2 fully saturated rings. The summed E-state index contributed by atoms with van der Waals surface area (Å²) in [6.45, 7) is 1.97. The number of oxime groups is 1. The zero-order valence-corrected chi connectivity index (χ0v) is 10.1. The van der Waals surface area contributed by atoms with Gasteiger partial charge in [0.05, 0.1) is 5.71 Å². The molecule has 0 aromatic carbocycles. The summed E-state index contributed by atoms with van der Waals surface area (Å²) < 4.78 is 0. The molecule has 3 atom stereocenters. The van der Waals surface area contributed by atoms with E-state index in [1.165, 1.54) is 18.6 Å². The van der Waals surface area contributed by atoms with E-state index in [1.807, 2.05) is 6.92 Å². The standard InChI is InChI=1S/C13H20N2O/c1-4-5-10(2)16-14-11-8-12-6-7-13(9-11)15(12)3/h1,10,12-13H,5-9H2,2-3H3/t10?,12-,13+. The lowest BCUT2D eigenvalue weighted by molar-refractivity contribution is 0.0732. The summed E-state index contributed by atoms with van der Waals surface area (Å²) in [5.41, 5.74) is 1.22. The van der Waals surface area contributed by atoms with Crippen LogP contribution >= 0.6 is 0 Å². The van der Waals surface area contributed by atoms with Gasteiger partial charge >= 0.3 is 0 Å². The second kappa shape index (κ2) is 4.88. The Balaban J connectivity index is 1.88. The van der Waals surface area contributed by atoms with Crippen LogP contribution in [0.3, 0.4) is 0 Å². The van der Waals surface area contributed by atoms with Crippen LogP contribution in [-0.2, 0) is 4.84 Å². The third-order valence-corrected chi connectivity index (χ3v) is 3.69. The van der Waals surface area contributed by atoms with Gasteiger partial charge in [0.1, 0.15) is 6.10 Å². The molecule has 2 aliphatic rings. The van der Waals surface area contributed by atoms with Crippen LogP contribution in [0.25, 0.3) is 0 Å². The van der Waals surface area contributed by atoms with Crippen molar-refractivity contribution in [2.24, 2.45) is 5.16 Å². The Bertz CT molecular complexity index is 302. The molecule has 0 amide bonds. The van der Waals surface area contributed by atoms with Crippen molar-refractivity contribution in [3.8, 4) is 12.3 Å². The molecule has 2 rings (SSSR count). The summed E-state index contributed by atoms with van der Waals surface area (Å²) in [5.74, 6) is 2.59. The Labute approximate surface area is 97.8 Å². The lowest BCUT2D eigenvalue weighted by atomic mass is 10.0. The maximum Gasteiger partial charge on any atom is 0.135 e. The fraction of sp³-hybridized carbons (Fsp3) is 0.769. The highest BCUT2D eigenvalue weighted by molar-refractivity contribution is 5.86. The van der Waals surface area contributed by atoms with Crippen molar-refractivity contribution in [1.29, 1.82) is 0 Å². The number of rotatable bonds is 3. The van der Waals surface area contributed by atoms with E-state index < -0.39 is 0 Å². The molecule has 3 nitrogen and oxygen atoms in total. The first kappa shape index (κ1) is 11.5. The topological polar surface area (TPSA) is 24.8 Å². The van der Waals surface area contributed by atoms with Crippen molar-refractivity contribution < 1.29 is 4.84 Å². The van der Waals surface area contributed by atoms with Crippen LogP contribution < -0.4 is 0 Å². The van der Waals surface area contributed by atoms with Crippen LogP contribution in [0.15, 0.2) is 5.16 Å². The largest absolute Gasteiger partial charge is 0.392 e. The van der Waals surface area contributed by atoms with E-state index in [9.17, 15) is 0 Å². The van der Waals surface area contributed by atoms with Gasteiger partial charge in [-0.3, -0.25) is 4.90 Å². The van der Waals surface area contributed by atoms with Gasteiger partial charge in [-0.1, -0.05) is 5.16 Å². The molecule has 1 unspecified atom stereocenters. The summed E-state index contributed by atoms with van der Waals surface area (Å²) in [6, 6.07) is 1.37. The Kier molecular flexibility index (Phi) is 3.50. The van der Waals surface area contributed by atoms with Crippen LogP contribution in [0.5, 0.6) is 0 Å². The predicted molar refractivity (Wildman–Crippen MR) is 65.2 cm³/mol. The Morgan fingerprint density at radius 1 is 1.50 bits per heavy atom. The molecular weight excluding hydrogens is 200 g/mol. The molecule has 2 bridgehead atoms. The summed E-state index contributed by atoms with van der Waals surface area (Å²) >= 11 is 0. The van der Waals surface area contributed by atoms with Gasteiger partial charge < -0.3 is 4.84 Å². The van der Waals surface area contributed by atoms with Crippen LogP contribution in [-0.4, -0.2) is 35.8 Å². The monoisotopic (exact) mass is 220 g/mol. The average molecular weight is 220 g/mol. The maximum absolute atomic E-state index is 5.41. The second-order valence-corrected chi connectivity index (χ2v) is 4.94. The normalized spacial score (nSPS) is 33.7. The van der Waals surface area contributed by atoms with Gasteiger partial charge in [0, 0.05) is 31.3 Å². The maximum atomic E-state index is 5.41. The summed E-state index contributed by atoms with van der Waals surface area (Å²) in [7, 11) is 2.22. The highest BCUT2D eigenvalue weighted by Crippen LogP contribution is 2.32. The molecule has 0 N–H and O–H groups in total. The molecule has 0 saturated carbocycles. The summed E-state index contributed by atoms with van der Waals surface area (Å²) in [4.78, 5) is 7.90. The summed E-state index contributed by atoms with van der Waals surface area (Å²) in [5, 5.41) is 4.27. The Morgan fingerprint density at radius 2 is 2.12 bits per heavy atom. The molecule has 0 aliphatic carbocycles. The van der Waals surface area contributed by atoms with Crippen LogP contribution in [0.4, 0.5) is 0 Å². The van der Waals surface area contributed by atoms with E-state index in [0.29, 0.717) is 18.5 Å². The fourth-order valence-electron chi connectivity index (χ4n) is 2.65. The van der Waals surface area contributed by atoms with E-state index in [1.54, 1.807) is 0 Å². The molecular formula is C13H20N2O. The van der Waals surface area contributed by atoms with Gasteiger partial charge in [0.2, 0.25) is 0 Å². The van der Waals surface area contributed by atoms with Gasteiger partial charge in [-0.15, -0.1) is 12.3 Å². The third kappa shape index (κ3) is 2.38. The van der Waals surface area contributed by atoms with Crippen molar-refractivity contribution >= 4 is 5.71 Å². The van der Waals surface area contributed by atoms with Crippen molar-refractivity contribution in [1.82, 2.24) is 4.90 Å². The number of terminal acetylenes is 1. The first-order valence-corrected chi connectivity index (χ1v) is 6.07. The second-order valence-electron chi connectivity index (χ2n) is 4.94. The molecule has 2 saturated heterocycles. The van der Waals surface area contributed by atoms with Crippen LogP contribution in [0.2, 0.25) is 0 Å². The quantitative estimate of drug-likeness (QED) is 0.537. The third-order valence-electron chi connectivity index (χ3n) is 3.69. The first-order chi connectivity index (χ1) is 7.70. The average Bonchev–Trinajstić information content (AvgIpc) is 2.52. The number of hydrogen-bond acceptors (Lipinski definition) is 3. The van der Waals surface area contributed by atoms with E-state index in [-0.39, 0.29) is 6.10 Å². The minimum atomic E-state index is 0.0369. The van der Waals surface area contributed by atoms with Crippen molar-refractivity contribution in [3.63, 3.8) is 0 Å². The highest BCUT2D eigenvalue weighted by Gasteiger charge is 2.36. The van der Waals surface area contributed by atoms with Gasteiger partial charge in [-0.05, 0) is 26.8 Å². The number of fused-ring (bicyclic) bond motifs is 2. The number of piperidine rings is 1. The number of nitrogens with zero attached hydrogens (tertiary/aromatic N) is 2. The Hall–Kier alpha value is -1.01. The minimum absolute atomic E-state index is 0.0369. The Morgan fingerprint density at radius 3 is 2.69 bits per heavy atom. The molecule has 2 aliphatic heterocycles. The van der Waals surface area contributed by atoms with Crippen LogP contribution in [0.1, 0.15) is 39.0 Å². The smallest absolute Gasteiger partial charge is 0.135 e. The molecule has 0 aromatic rings. The van der Waals surface area contributed by atoms with Gasteiger partial charge in [-0.2, -0.15) is 0 Å². The van der Waals surface area contributed by atoms with E-state index in [2.05, 4.69) is 23.0 Å². The van der Waals surface area contributed by atoms with Gasteiger partial charge in [-0.25, -0.2) is 0 Å². The molecule has 0 spiro atoms. The first-order valence-electron chi connectivity index (χ1n) is 6.07. The SMILES string of the molecule is C#CCC(C)ON=C1C[C@H]2CC[C@@H](C1)N2C. The van der Waals surface area contributed by atoms with Gasteiger partial charge in [0.25, 0.3) is 0 Å². The van der Waals surface area contributed by atoms with Gasteiger partial charge in [0.15, 0.2) is 0 Å². The molecule has 16 heavy (non-hydrogen) atoms. The lowest BCUT2D eigenvalue weighted by Crippen LogP contribution is -2.40. The van der Waals surface area contributed by atoms with E-state index >= 15 is 0 Å². The van der Waals surface area contributed by atoms with Crippen LogP contribution in [0, 0.1) is 12.3 Å². The van der Waals surface area contributed by atoms with E-state index in [4.69, 9.17) is 11.3 Å². The summed E-state index contributed by atoms with van der Waals surface area (Å²) in [6.07, 6.45) is 10.6. The predicted octanol–water partition coefficient (Wildman–Crippen LogP) is 2.03. The van der Waals surface area contributed by atoms with Crippen molar-refractivity contribution in [3.05, 3.63) is 0 Å². The van der Waals surface area contributed by atoms with Crippen molar-refractivity contribution in [2.45, 2.75) is 57.2 Å². The fourth-order valence-corrected chi connectivity index (χ4v) is 2.65. The molecule has 3 heteroatoms. The minimum Gasteiger partial charge on any atom is -0.392 e. The number of hydrogen-bond donors (Lipinski definition) is 0. The highest BCUT2D eigenvalue weighted by atomic mass is 16.6. The molecule has 0 aromatic heterocycles. The molecule has 0 radical (unpaired) electrons. The molecule has 2 heterocycles. The molecule has 88 valence electrons. The zero-order chi connectivity index (χ0) is 11.5. The lowest BCUT2D eigenvalue weighted by Gasteiger charge is -2.31. The van der Waals surface area contributed by atoms with Crippen molar-refractivity contribution in [2.75, 3.05) is 7.05 Å². The zero-order valence-electron chi connectivity index (χ0n) is 10.1.